The summed E-state index contributed by atoms with van der Waals surface area (Å²) in [4.78, 5) is 18.6. The van der Waals surface area contributed by atoms with Crippen LogP contribution in [0.5, 0.6) is 0 Å². The number of aliphatic hydroxyl groups excluding tert-OH is 1. The van der Waals surface area contributed by atoms with Crippen molar-refractivity contribution >= 4 is 23.5 Å². The number of morpholine rings is 1. The van der Waals surface area contributed by atoms with Gasteiger partial charge in [0.05, 0.1) is 19.3 Å². The van der Waals surface area contributed by atoms with Gasteiger partial charge in [-0.25, -0.2) is 4.98 Å². The second-order valence-corrected chi connectivity index (χ2v) is 9.89. The molecule has 1 aromatic carbocycles. The van der Waals surface area contributed by atoms with Crippen molar-refractivity contribution in [3.8, 4) is 11.1 Å². The van der Waals surface area contributed by atoms with E-state index in [2.05, 4.69) is 44.2 Å². The SMILES string of the molecule is CC(C)C(=N)c1c(-c2ccc(N3CCOCC3)cc2)cc(C=O)nc1NC1CCCC(O)C1.CCOC. The molecule has 3 N–H and O–H groups in total. The molecule has 2 aromatic rings. The van der Waals surface area contributed by atoms with Crippen LogP contribution in [0.4, 0.5) is 11.5 Å². The molecule has 8 heteroatoms. The van der Waals surface area contributed by atoms with Gasteiger partial charge in [0.2, 0.25) is 0 Å². The minimum atomic E-state index is -0.328. The molecule has 0 bridgehead atoms. The van der Waals surface area contributed by atoms with Crippen molar-refractivity contribution in [1.82, 2.24) is 4.98 Å². The number of hydrogen-bond acceptors (Lipinski definition) is 8. The molecular weight excluding hydrogens is 468 g/mol. The van der Waals surface area contributed by atoms with Crippen LogP contribution in [0.25, 0.3) is 11.1 Å². The third-order valence-electron chi connectivity index (χ3n) is 6.84. The highest BCUT2D eigenvalue weighted by Crippen LogP contribution is 2.34. The first kappa shape index (κ1) is 28.8. The van der Waals surface area contributed by atoms with E-state index in [1.165, 1.54) is 0 Å². The van der Waals surface area contributed by atoms with Gasteiger partial charge in [-0.3, -0.25) is 4.79 Å². The quantitative estimate of drug-likeness (QED) is 0.346. The molecule has 2 heterocycles. The largest absolute Gasteiger partial charge is 0.393 e. The number of methoxy groups -OCH3 is 1. The average Bonchev–Trinajstić information content (AvgIpc) is 2.93. The van der Waals surface area contributed by atoms with Crippen molar-refractivity contribution in [2.24, 2.45) is 5.92 Å². The number of aromatic nitrogens is 1. The van der Waals surface area contributed by atoms with Crippen LogP contribution in [0, 0.1) is 11.3 Å². The van der Waals surface area contributed by atoms with Crippen molar-refractivity contribution in [3.63, 3.8) is 0 Å². The summed E-state index contributed by atoms with van der Waals surface area (Å²) in [6.07, 6.45) is 3.77. The topological polar surface area (TPSA) is 108 Å². The number of nitrogens with zero attached hydrogens (tertiary/aromatic N) is 2. The van der Waals surface area contributed by atoms with Crippen LogP contribution < -0.4 is 10.2 Å². The lowest BCUT2D eigenvalue weighted by Gasteiger charge is -2.29. The summed E-state index contributed by atoms with van der Waals surface area (Å²) in [5.41, 5.74) is 4.46. The highest BCUT2D eigenvalue weighted by atomic mass is 16.5. The summed E-state index contributed by atoms with van der Waals surface area (Å²) < 4.78 is 10.0. The first-order valence-electron chi connectivity index (χ1n) is 13.3. The molecule has 1 aliphatic heterocycles. The molecule has 1 aliphatic carbocycles. The Hall–Kier alpha value is -2.81. The molecular formula is C29H42N4O4. The summed E-state index contributed by atoms with van der Waals surface area (Å²) in [7, 11) is 1.68. The molecule has 1 saturated heterocycles. The van der Waals surface area contributed by atoms with Crippen LogP contribution in [0.15, 0.2) is 30.3 Å². The molecule has 0 radical (unpaired) electrons. The van der Waals surface area contributed by atoms with Crippen LogP contribution in [0.1, 0.15) is 62.5 Å². The highest BCUT2D eigenvalue weighted by Gasteiger charge is 2.25. The van der Waals surface area contributed by atoms with Gasteiger partial charge >= 0.3 is 0 Å². The van der Waals surface area contributed by atoms with Gasteiger partial charge < -0.3 is 30.2 Å². The molecule has 1 aromatic heterocycles. The number of anilines is 2. The van der Waals surface area contributed by atoms with Crippen LogP contribution in [-0.2, 0) is 9.47 Å². The van der Waals surface area contributed by atoms with Gasteiger partial charge in [-0.15, -0.1) is 0 Å². The summed E-state index contributed by atoms with van der Waals surface area (Å²) in [5.74, 6) is 0.558. The number of aliphatic hydroxyl groups is 1. The average molecular weight is 511 g/mol. The second-order valence-electron chi connectivity index (χ2n) is 9.89. The molecule has 1 saturated carbocycles. The number of hydrogen-bond donors (Lipinski definition) is 3. The molecule has 2 atom stereocenters. The predicted octanol–water partition coefficient (Wildman–Crippen LogP) is 4.79. The zero-order valence-electron chi connectivity index (χ0n) is 22.6. The van der Waals surface area contributed by atoms with Crippen molar-refractivity contribution in [2.45, 2.75) is 58.6 Å². The number of ether oxygens (including phenoxy) is 2. The maximum atomic E-state index is 11.8. The van der Waals surface area contributed by atoms with E-state index in [9.17, 15) is 9.90 Å². The zero-order valence-corrected chi connectivity index (χ0v) is 22.6. The third kappa shape index (κ3) is 7.84. The first-order valence-corrected chi connectivity index (χ1v) is 13.3. The Morgan fingerprint density at radius 2 is 1.95 bits per heavy atom. The van der Waals surface area contributed by atoms with Crippen LogP contribution in [0.3, 0.4) is 0 Å². The molecule has 2 fully saturated rings. The van der Waals surface area contributed by atoms with Crippen molar-refractivity contribution < 1.29 is 19.4 Å². The summed E-state index contributed by atoms with van der Waals surface area (Å²) in [6.45, 7) is 9.97. The number of carbonyl (C=O) groups excluding carboxylic acids is 1. The van der Waals surface area contributed by atoms with Crippen molar-refractivity contribution in [1.29, 1.82) is 5.41 Å². The Balaban J connectivity index is 0.000000886. The molecule has 4 rings (SSSR count). The lowest BCUT2D eigenvalue weighted by atomic mass is 9.90. The molecule has 37 heavy (non-hydrogen) atoms. The Bertz CT molecular complexity index is 1020. The lowest BCUT2D eigenvalue weighted by Crippen LogP contribution is -2.36. The Labute approximate surface area is 220 Å². The van der Waals surface area contributed by atoms with E-state index in [4.69, 9.17) is 10.1 Å². The van der Waals surface area contributed by atoms with Gasteiger partial charge in [0.25, 0.3) is 0 Å². The molecule has 0 spiro atoms. The van der Waals surface area contributed by atoms with E-state index in [1.54, 1.807) is 13.2 Å². The second kappa shape index (κ2) is 14.2. The molecule has 2 aliphatic rings. The van der Waals surface area contributed by atoms with E-state index < -0.39 is 0 Å². The number of carbonyl (C=O) groups is 1. The Morgan fingerprint density at radius 3 is 2.51 bits per heavy atom. The maximum Gasteiger partial charge on any atom is 0.168 e. The fraction of sp³-hybridized carbons (Fsp3) is 0.552. The normalized spacial score (nSPS) is 19.7. The third-order valence-corrected chi connectivity index (χ3v) is 6.84. The standard InChI is InChI=1S/C26H34N4O3.C3H8O/c1-17(2)25(27)24-23(18-6-8-21(9-7-18)30-10-12-33-13-11-30)15-20(16-31)29-26(24)28-19-4-3-5-22(32)14-19;1-3-4-2/h6-9,15-17,19,22,27,32H,3-5,10-14H2,1-2H3,(H,28,29);3H2,1-2H3. The summed E-state index contributed by atoms with van der Waals surface area (Å²) >= 11 is 0. The molecule has 8 nitrogen and oxygen atoms in total. The maximum absolute atomic E-state index is 11.8. The van der Waals surface area contributed by atoms with Crippen molar-refractivity contribution in [2.75, 3.05) is 50.2 Å². The number of nitrogens with one attached hydrogen (secondary N) is 2. The monoisotopic (exact) mass is 510 g/mol. The highest BCUT2D eigenvalue weighted by molar-refractivity contribution is 6.09. The fourth-order valence-corrected chi connectivity index (χ4v) is 4.68. The van der Waals surface area contributed by atoms with Gasteiger partial charge in [0.15, 0.2) is 6.29 Å². The molecule has 2 unspecified atom stereocenters. The summed E-state index contributed by atoms with van der Waals surface area (Å²) in [6, 6.07) is 10.1. The van der Waals surface area contributed by atoms with Crippen LogP contribution in [-0.4, -0.2) is 74.3 Å². The van der Waals surface area contributed by atoms with Crippen molar-refractivity contribution in [3.05, 3.63) is 41.6 Å². The number of benzene rings is 1. The van der Waals surface area contributed by atoms with E-state index in [-0.39, 0.29) is 18.1 Å². The minimum absolute atomic E-state index is 0.00208. The predicted molar refractivity (Wildman–Crippen MR) is 149 cm³/mol. The minimum Gasteiger partial charge on any atom is -0.393 e. The molecule has 0 amide bonds. The van der Waals surface area contributed by atoms with Gasteiger partial charge in [0, 0.05) is 49.8 Å². The van der Waals surface area contributed by atoms with E-state index >= 15 is 0 Å². The first-order chi connectivity index (χ1) is 17.9. The summed E-state index contributed by atoms with van der Waals surface area (Å²) in [5, 5.41) is 22.5. The molecule has 202 valence electrons. The van der Waals surface area contributed by atoms with E-state index in [0.717, 1.165) is 80.8 Å². The fourth-order valence-electron chi connectivity index (χ4n) is 4.68. The smallest absolute Gasteiger partial charge is 0.168 e. The number of aldehydes is 1. The lowest BCUT2D eigenvalue weighted by molar-refractivity contribution is 0.111. The van der Waals surface area contributed by atoms with Gasteiger partial charge in [-0.05, 0) is 67.9 Å². The van der Waals surface area contributed by atoms with E-state index in [0.29, 0.717) is 23.6 Å². The Kier molecular flexibility index (Phi) is 11.0. The van der Waals surface area contributed by atoms with Crippen LogP contribution >= 0.6 is 0 Å². The van der Waals surface area contributed by atoms with Gasteiger partial charge in [-0.1, -0.05) is 26.0 Å². The number of rotatable bonds is 8. The van der Waals surface area contributed by atoms with Gasteiger partial charge in [-0.2, -0.15) is 0 Å². The Morgan fingerprint density at radius 1 is 1.27 bits per heavy atom. The number of pyridine rings is 1. The zero-order chi connectivity index (χ0) is 26.8. The van der Waals surface area contributed by atoms with E-state index in [1.807, 2.05) is 20.8 Å². The van der Waals surface area contributed by atoms with Gasteiger partial charge in [0.1, 0.15) is 11.5 Å². The van der Waals surface area contributed by atoms with Crippen LogP contribution in [0.2, 0.25) is 0 Å².